The lowest BCUT2D eigenvalue weighted by molar-refractivity contribution is -0.148. The molecular weight excluding hydrogens is 156 g/mol. The minimum atomic E-state index is -0.284. The van der Waals surface area contributed by atoms with Crippen molar-refractivity contribution in [2.45, 2.75) is 39.2 Å². The van der Waals surface area contributed by atoms with Crippen molar-refractivity contribution in [2.75, 3.05) is 0 Å². The van der Waals surface area contributed by atoms with Crippen LogP contribution in [0.2, 0.25) is 0 Å². The summed E-state index contributed by atoms with van der Waals surface area (Å²) in [5, 5.41) is 0. The average Bonchev–Trinajstić information content (AvgIpc) is 2.29. The van der Waals surface area contributed by atoms with Gasteiger partial charge in [0.1, 0.15) is 11.9 Å². The van der Waals surface area contributed by atoms with Crippen LogP contribution in [-0.4, -0.2) is 17.9 Å². The Bertz CT molecular complexity index is 198. The van der Waals surface area contributed by atoms with E-state index in [0.29, 0.717) is 12.8 Å². The van der Waals surface area contributed by atoms with E-state index >= 15 is 0 Å². The fourth-order valence-electron chi connectivity index (χ4n) is 1.66. The Labute approximate surface area is 72.1 Å². The summed E-state index contributed by atoms with van der Waals surface area (Å²) in [5.74, 6) is 0.183. The second-order valence-corrected chi connectivity index (χ2v) is 3.26. The molecule has 0 heterocycles. The maximum atomic E-state index is 11.0. The number of esters is 1. The zero-order valence-corrected chi connectivity index (χ0v) is 7.50. The molecule has 0 N–H and O–H groups in total. The van der Waals surface area contributed by atoms with Gasteiger partial charge in [0.05, 0.1) is 0 Å². The van der Waals surface area contributed by atoms with E-state index in [4.69, 9.17) is 4.74 Å². The van der Waals surface area contributed by atoms with Crippen molar-refractivity contribution in [3.8, 4) is 0 Å². The summed E-state index contributed by atoms with van der Waals surface area (Å²) in [4.78, 5) is 21.6. The molecule has 1 aliphatic carbocycles. The van der Waals surface area contributed by atoms with Gasteiger partial charge in [-0.25, -0.2) is 0 Å². The molecule has 0 aromatic carbocycles. The second kappa shape index (κ2) is 3.70. The van der Waals surface area contributed by atoms with Gasteiger partial charge in [0, 0.05) is 25.7 Å². The highest BCUT2D eigenvalue weighted by molar-refractivity contribution is 5.82. The smallest absolute Gasteiger partial charge is 0.302 e. The zero-order chi connectivity index (χ0) is 9.14. The predicted molar refractivity (Wildman–Crippen MR) is 43.6 cm³/mol. The van der Waals surface area contributed by atoms with Crippen LogP contribution >= 0.6 is 0 Å². The molecule has 1 fully saturated rings. The van der Waals surface area contributed by atoms with Gasteiger partial charge >= 0.3 is 5.97 Å². The van der Waals surface area contributed by atoms with Crippen LogP contribution in [0.1, 0.15) is 33.1 Å². The largest absolute Gasteiger partial charge is 0.462 e. The van der Waals surface area contributed by atoms with Gasteiger partial charge in [0.25, 0.3) is 0 Å². The van der Waals surface area contributed by atoms with E-state index in [0.717, 1.165) is 6.42 Å². The SMILES string of the molecule is CC[C@H]1CC(=O)C[C@@H]1OC(C)=O. The van der Waals surface area contributed by atoms with Gasteiger partial charge in [-0.05, 0) is 6.42 Å². The van der Waals surface area contributed by atoms with E-state index in [1.807, 2.05) is 6.92 Å². The highest BCUT2D eigenvalue weighted by Crippen LogP contribution is 2.28. The first-order chi connectivity index (χ1) is 5.63. The van der Waals surface area contributed by atoms with Crippen molar-refractivity contribution in [3.63, 3.8) is 0 Å². The van der Waals surface area contributed by atoms with Gasteiger partial charge in [-0.15, -0.1) is 0 Å². The molecule has 0 radical (unpaired) electrons. The third-order valence-corrected chi connectivity index (χ3v) is 2.29. The van der Waals surface area contributed by atoms with E-state index in [9.17, 15) is 9.59 Å². The van der Waals surface area contributed by atoms with Gasteiger partial charge in [-0.1, -0.05) is 6.92 Å². The molecule has 0 aromatic heterocycles. The van der Waals surface area contributed by atoms with Crippen molar-refractivity contribution in [1.82, 2.24) is 0 Å². The number of hydrogen-bond donors (Lipinski definition) is 0. The lowest BCUT2D eigenvalue weighted by Gasteiger charge is -2.16. The third kappa shape index (κ3) is 2.06. The summed E-state index contributed by atoms with van der Waals surface area (Å²) in [6.07, 6.45) is 1.75. The average molecular weight is 170 g/mol. The first kappa shape index (κ1) is 9.23. The maximum absolute atomic E-state index is 11.0. The molecule has 3 heteroatoms. The quantitative estimate of drug-likeness (QED) is 0.587. The van der Waals surface area contributed by atoms with Crippen LogP contribution in [0.4, 0.5) is 0 Å². The van der Waals surface area contributed by atoms with E-state index in [-0.39, 0.29) is 23.8 Å². The lowest BCUT2D eigenvalue weighted by atomic mass is 10.0. The van der Waals surface area contributed by atoms with Gasteiger partial charge in [0.15, 0.2) is 0 Å². The Kier molecular flexibility index (Phi) is 2.84. The standard InChI is InChI=1S/C9H14O3/c1-3-7-4-8(11)5-9(7)12-6(2)10/h7,9H,3-5H2,1-2H3/t7-,9-/m0/s1. The monoisotopic (exact) mass is 170 g/mol. The normalized spacial score (nSPS) is 29.0. The Morgan fingerprint density at radius 3 is 2.75 bits per heavy atom. The van der Waals surface area contributed by atoms with E-state index in [2.05, 4.69) is 0 Å². The number of rotatable bonds is 2. The Morgan fingerprint density at radius 1 is 1.58 bits per heavy atom. The Morgan fingerprint density at radius 2 is 2.25 bits per heavy atom. The third-order valence-electron chi connectivity index (χ3n) is 2.29. The first-order valence-corrected chi connectivity index (χ1v) is 4.32. The molecule has 68 valence electrons. The molecule has 0 bridgehead atoms. The van der Waals surface area contributed by atoms with Crippen LogP contribution < -0.4 is 0 Å². The Balaban J connectivity index is 2.51. The van der Waals surface area contributed by atoms with Crippen LogP contribution in [0.25, 0.3) is 0 Å². The molecule has 3 nitrogen and oxygen atoms in total. The molecule has 12 heavy (non-hydrogen) atoms. The predicted octanol–water partition coefficient (Wildman–Crippen LogP) is 1.31. The van der Waals surface area contributed by atoms with E-state index < -0.39 is 0 Å². The van der Waals surface area contributed by atoms with Crippen molar-refractivity contribution in [2.24, 2.45) is 5.92 Å². The van der Waals surface area contributed by atoms with Crippen LogP contribution in [-0.2, 0) is 14.3 Å². The molecule has 0 saturated heterocycles. The molecule has 0 spiro atoms. The highest BCUT2D eigenvalue weighted by atomic mass is 16.5. The summed E-state index contributed by atoms with van der Waals surface area (Å²) in [5.41, 5.74) is 0. The van der Waals surface area contributed by atoms with Crippen LogP contribution in [0.15, 0.2) is 0 Å². The van der Waals surface area contributed by atoms with Crippen LogP contribution in [0.3, 0.4) is 0 Å². The maximum Gasteiger partial charge on any atom is 0.302 e. The first-order valence-electron chi connectivity index (χ1n) is 4.32. The molecule has 2 atom stereocenters. The van der Waals surface area contributed by atoms with Crippen LogP contribution in [0, 0.1) is 5.92 Å². The van der Waals surface area contributed by atoms with Gasteiger partial charge in [-0.2, -0.15) is 0 Å². The van der Waals surface area contributed by atoms with Crippen LogP contribution in [0.5, 0.6) is 0 Å². The van der Waals surface area contributed by atoms with Gasteiger partial charge in [0.2, 0.25) is 0 Å². The topological polar surface area (TPSA) is 43.4 Å². The molecule has 0 amide bonds. The molecule has 0 aliphatic heterocycles. The molecule has 1 saturated carbocycles. The summed E-state index contributed by atoms with van der Waals surface area (Å²) in [7, 11) is 0. The minimum Gasteiger partial charge on any atom is -0.462 e. The number of carbonyl (C=O) groups excluding carboxylic acids is 2. The van der Waals surface area contributed by atoms with E-state index in [1.54, 1.807) is 0 Å². The van der Waals surface area contributed by atoms with Crippen molar-refractivity contribution < 1.29 is 14.3 Å². The molecular formula is C9H14O3. The van der Waals surface area contributed by atoms with Crippen molar-refractivity contribution in [1.29, 1.82) is 0 Å². The van der Waals surface area contributed by atoms with Gasteiger partial charge < -0.3 is 4.74 Å². The second-order valence-electron chi connectivity index (χ2n) is 3.26. The Hall–Kier alpha value is -0.860. The summed E-state index contributed by atoms with van der Waals surface area (Å²) in [6, 6.07) is 0. The number of Topliss-reactive ketones (excluding diaryl/α,β-unsaturated/α-hetero) is 1. The van der Waals surface area contributed by atoms with E-state index in [1.165, 1.54) is 6.92 Å². The fraction of sp³-hybridized carbons (Fsp3) is 0.778. The van der Waals surface area contributed by atoms with Crippen molar-refractivity contribution in [3.05, 3.63) is 0 Å². The van der Waals surface area contributed by atoms with Gasteiger partial charge in [-0.3, -0.25) is 9.59 Å². The minimum absolute atomic E-state index is 0.153. The number of ketones is 1. The number of ether oxygens (including phenoxy) is 1. The summed E-state index contributed by atoms with van der Waals surface area (Å²) in [6.45, 7) is 3.40. The lowest BCUT2D eigenvalue weighted by Crippen LogP contribution is -2.20. The summed E-state index contributed by atoms with van der Waals surface area (Å²) >= 11 is 0. The molecule has 0 unspecified atom stereocenters. The van der Waals surface area contributed by atoms with Crippen molar-refractivity contribution >= 4 is 11.8 Å². The fourth-order valence-corrected chi connectivity index (χ4v) is 1.66. The molecule has 1 rings (SSSR count). The molecule has 1 aliphatic rings. The molecule has 0 aromatic rings. The number of carbonyl (C=O) groups is 2. The summed E-state index contributed by atoms with van der Waals surface area (Å²) < 4.78 is 5.03. The highest BCUT2D eigenvalue weighted by Gasteiger charge is 2.33. The zero-order valence-electron chi connectivity index (χ0n) is 7.50. The number of hydrogen-bond acceptors (Lipinski definition) is 3.